The van der Waals surface area contributed by atoms with E-state index in [2.05, 4.69) is 21.5 Å². The van der Waals surface area contributed by atoms with Crippen molar-refractivity contribution in [1.29, 1.82) is 0 Å². The molecule has 0 spiro atoms. The van der Waals surface area contributed by atoms with Gasteiger partial charge in [-0.15, -0.1) is 0 Å². The van der Waals surface area contributed by atoms with Crippen LogP contribution >= 0.6 is 0 Å². The highest BCUT2D eigenvalue weighted by atomic mass is 16.7. The van der Waals surface area contributed by atoms with Gasteiger partial charge in [0.05, 0.1) is 0 Å². The molecular formula is C11H9N4O2. The van der Waals surface area contributed by atoms with E-state index in [-0.39, 0.29) is 12.2 Å². The van der Waals surface area contributed by atoms with Gasteiger partial charge in [-0.25, -0.2) is 9.83 Å². The fourth-order valence-electron chi connectivity index (χ4n) is 1.42. The first kappa shape index (κ1) is 9.98. The fourth-order valence-corrected chi connectivity index (χ4v) is 1.42. The number of nitrogens with zero attached hydrogens (tertiary/aromatic N) is 4. The summed E-state index contributed by atoms with van der Waals surface area (Å²) in [6.07, 6.45) is 2.37. The summed E-state index contributed by atoms with van der Waals surface area (Å²) in [5.41, 5.74) is 0.857. The van der Waals surface area contributed by atoms with E-state index in [4.69, 9.17) is 9.36 Å². The van der Waals surface area contributed by atoms with Crippen LogP contribution in [0.4, 0.5) is 5.95 Å². The van der Waals surface area contributed by atoms with Gasteiger partial charge >= 0.3 is 0 Å². The summed E-state index contributed by atoms with van der Waals surface area (Å²) in [5.74, 6) is 0.725. The van der Waals surface area contributed by atoms with Crippen LogP contribution in [-0.2, 0) is 4.84 Å². The van der Waals surface area contributed by atoms with Crippen molar-refractivity contribution in [3.05, 3.63) is 30.3 Å². The maximum Gasteiger partial charge on any atom is 0.296 e. The lowest BCUT2D eigenvalue weighted by Crippen LogP contribution is -2.19. The third-order valence-electron chi connectivity index (χ3n) is 2.21. The first-order valence-corrected chi connectivity index (χ1v) is 5.14. The van der Waals surface area contributed by atoms with E-state index < -0.39 is 0 Å². The normalized spacial score (nSPS) is 18.9. The summed E-state index contributed by atoms with van der Waals surface area (Å²) >= 11 is 0. The largest absolute Gasteiger partial charge is 0.332 e. The predicted octanol–water partition coefficient (Wildman–Crippen LogP) is 1.74. The molecule has 6 nitrogen and oxygen atoms in total. The Kier molecular flexibility index (Phi) is 2.34. The van der Waals surface area contributed by atoms with E-state index in [1.54, 1.807) is 6.92 Å². The zero-order chi connectivity index (χ0) is 11.7. The molecular weight excluding hydrogens is 220 g/mol. The third kappa shape index (κ3) is 1.90. The average Bonchev–Trinajstić information content (AvgIpc) is 2.98. The Morgan fingerprint density at radius 1 is 1.29 bits per heavy atom. The van der Waals surface area contributed by atoms with Crippen molar-refractivity contribution in [3.63, 3.8) is 0 Å². The predicted molar refractivity (Wildman–Crippen MR) is 60.2 cm³/mol. The second-order valence-electron chi connectivity index (χ2n) is 3.49. The van der Waals surface area contributed by atoms with Gasteiger partial charge in [0.1, 0.15) is 0 Å². The van der Waals surface area contributed by atoms with E-state index in [1.165, 1.54) is 5.06 Å². The molecule has 2 aromatic rings. The zero-order valence-corrected chi connectivity index (χ0v) is 9.07. The summed E-state index contributed by atoms with van der Waals surface area (Å²) in [5, 5.41) is 5.07. The van der Waals surface area contributed by atoms with Gasteiger partial charge in [-0.3, -0.25) is 0 Å². The van der Waals surface area contributed by atoms with Crippen molar-refractivity contribution >= 4 is 12.3 Å². The molecule has 0 saturated heterocycles. The molecule has 1 aromatic heterocycles. The number of hydrogen-bond donors (Lipinski definition) is 0. The number of rotatable bonds is 2. The highest BCUT2D eigenvalue weighted by Gasteiger charge is 2.21. The van der Waals surface area contributed by atoms with Crippen LogP contribution in [0.25, 0.3) is 11.5 Å². The van der Waals surface area contributed by atoms with Crippen LogP contribution in [0.2, 0.25) is 0 Å². The lowest BCUT2D eigenvalue weighted by atomic mass is 10.2. The van der Waals surface area contributed by atoms with Crippen molar-refractivity contribution in [2.24, 2.45) is 4.99 Å². The highest BCUT2D eigenvalue weighted by Crippen LogP contribution is 2.21. The van der Waals surface area contributed by atoms with Crippen LogP contribution in [0.1, 0.15) is 6.92 Å². The Hall–Kier alpha value is -2.21. The molecule has 0 amide bonds. The lowest BCUT2D eigenvalue weighted by Gasteiger charge is -2.06. The number of aromatic nitrogens is 2. The lowest BCUT2D eigenvalue weighted by molar-refractivity contribution is 0.0976. The first-order chi connectivity index (χ1) is 8.33. The molecule has 0 N–H and O–H groups in total. The zero-order valence-electron chi connectivity index (χ0n) is 9.07. The standard InChI is InChI=1S/C11H9N4O2/c1-8-12-7-15(17-8)11-13-10(16-14-11)9-5-3-2-4-6-9/h2-6,8H,1H3. The summed E-state index contributed by atoms with van der Waals surface area (Å²) in [7, 11) is 0. The Labute approximate surface area is 97.5 Å². The smallest absolute Gasteiger partial charge is 0.296 e. The summed E-state index contributed by atoms with van der Waals surface area (Å²) in [6.45, 7) is 1.80. The maximum atomic E-state index is 5.27. The second kappa shape index (κ2) is 3.99. The molecule has 1 atom stereocenters. The Bertz CT molecular complexity index is 537. The number of anilines is 1. The van der Waals surface area contributed by atoms with Crippen LogP contribution in [-0.4, -0.2) is 22.7 Å². The number of benzene rings is 1. The summed E-state index contributed by atoms with van der Waals surface area (Å²) in [6, 6.07) is 9.51. The third-order valence-corrected chi connectivity index (χ3v) is 2.21. The van der Waals surface area contributed by atoms with Crippen molar-refractivity contribution in [1.82, 2.24) is 10.1 Å². The fraction of sp³-hybridized carbons (Fsp3) is 0.182. The van der Waals surface area contributed by atoms with E-state index >= 15 is 0 Å². The minimum absolute atomic E-state index is 0.270. The molecule has 2 heterocycles. The van der Waals surface area contributed by atoms with Gasteiger partial charge < -0.3 is 4.52 Å². The minimum atomic E-state index is -0.270. The average molecular weight is 229 g/mol. The summed E-state index contributed by atoms with van der Waals surface area (Å²) < 4.78 is 5.13. The number of aliphatic imine (C=N–C) groups is 1. The van der Waals surface area contributed by atoms with Gasteiger partial charge in [-0.1, -0.05) is 18.2 Å². The van der Waals surface area contributed by atoms with Gasteiger partial charge in [0, 0.05) is 5.56 Å². The van der Waals surface area contributed by atoms with Crippen molar-refractivity contribution in [2.45, 2.75) is 13.2 Å². The molecule has 1 aliphatic rings. The molecule has 1 radical (unpaired) electrons. The molecule has 85 valence electrons. The second-order valence-corrected chi connectivity index (χ2v) is 3.49. The number of hydrogen-bond acceptors (Lipinski definition) is 6. The Morgan fingerprint density at radius 3 is 2.82 bits per heavy atom. The van der Waals surface area contributed by atoms with Crippen LogP contribution < -0.4 is 5.06 Å². The summed E-state index contributed by atoms with van der Waals surface area (Å²) in [4.78, 5) is 13.4. The molecule has 3 rings (SSSR count). The van der Waals surface area contributed by atoms with Crippen molar-refractivity contribution in [3.8, 4) is 11.5 Å². The molecule has 0 bridgehead atoms. The molecule has 1 aliphatic heterocycles. The van der Waals surface area contributed by atoms with Crippen molar-refractivity contribution < 1.29 is 9.36 Å². The van der Waals surface area contributed by atoms with Crippen LogP contribution in [0.5, 0.6) is 0 Å². The van der Waals surface area contributed by atoms with Gasteiger partial charge in [-0.05, 0) is 24.2 Å². The van der Waals surface area contributed by atoms with E-state index in [0.29, 0.717) is 5.89 Å². The Morgan fingerprint density at radius 2 is 2.12 bits per heavy atom. The molecule has 0 saturated carbocycles. The molecule has 0 aliphatic carbocycles. The molecule has 6 heteroatoms. The topological polar surface area (TPSA) is 63.8 Å². The molecule has 17 heavy (non-hydrogen) atoms. The van der Waals surface area contributed by atoms with Crippen molar-refractivity contribution in [2.75, 3.05) is 5.06 Å². The molecule has 0 fully saturated rings. The van der Waals surface area contributed by atoms with E-state index in [1.807, 2.05) is 30.3 Å². The van der Waals surface area contributed by atoms with Gasteiger partial charge in [0.2, 0.25) is 6.34 Å². The van der Waals surface area contributed by atoms with Crippen LogP contribution in [0.3, 0.4) is 0 Å². The van der Waals surface area contributed by atoms with Gasteiger partial charge in [-0.2, -0.15) is 10.0 Å². The number of hydroxylamine groups is 1. The minimum Gasteiger partial charge on any atom is -0.332 e. The van der Waals surface area contributed by atoms with Gasteiger partial charge in [0.25, 0.3) is 11.8 Å². The highest BCUT2D eigenvalue weighted by molar-refractivity contribution is 5.74. The molecule has 1 unspecified atom stereocenters. The maximum absolute atomic E-state index is 5.27. The van der Waals surface area contributed by atoms with Gasteiger partial charge in [0.15, 0.2) is 6.23 Å². The van der Waals surface area contributed by atoms with Crippen LogP contribution in [0.15, 0.2) is 39.8 Å². The van der Waals surface area contributed by atoms with Crippen LogP contribution in [0, 0.1) is 0 Å². The SMILES string of the molecule is CC1N=[C]N(c2noc(-c3ccccc3)n2)O1. The van der Waals surface area contributed by atoms with E-state index in [9.17, 15) is 0 Å². The first-order valence-electron chi connectivity index (χ1n) is 5.14. The Balaban J connectivity index is 1.86. The van der Waals surface area contributed by atoms with E-state index in [0.717, 1.165) is 5.56 Å². The quantitative estimate of drug-likeness (QED) is 0.784. The monoisotopic (exact) mass is 229 g/mol. The molecule has 1 aromatic carbocycles.